The molecule has 0 saturated carbocycles. The van der Waals surface area contributed by atoms with Crippen LogP contribution in [0.4, 0.5) is 0 Å². The molecule has 0 aliphatic rings. The lowest BCUT2D eigenvalue weighted by atomic mass is 10.1. The summed E-state index contributed by atoms with van der Waals surface area (Å²) in [5.74, 6) is -1.81. The first-order valence-corrected chi connectivity index (χ1v) is 5.85. The molecular formula is C12H14ClNO4. The summed E-state index contributed by atoms with van der Waals surface area (Å²) < 4.78 is 0. The van der Waals surface area contributed by atoms with Gasteiger partial charge in [0.25, 0.3) is 5.91 Å². The number of benzene rings is 1. The van der Waals surface area contributed by atoms with Crippen LogP contribution in [0.15, 0.2) is 18.2 Å². The van der Waals surface area contributed by atoms with Gasteiger partial charge in [-0.15, -0.1) is 0 Å². The van der Waals surface area contributed by atoms with Crippen molar-refractivity contribution >= 4 is 23.5 Å². The van der Waals surface area contributed by atoms with Crippen LogP contribution >= 0.6 is 11.6 Å². The number of carboxylic acid groups (broad SMARTS) is 1. The Balaban J connectivity index is 2.86. The van der Waals surface area contributed by atoms with Gasteiger partial charge in [-0.3, -0.25) is 4.79 Å². The van der Waals surface area contributed by atoms with Crippen LogP contribution in [0.25, 0.3) is 0 Å². The van der Waals surface area contributed by atoms with E-state index in [1.165, 1.54) is 18.2 Å². The molecule has 18 heavy (non-hydrogen) atoms. The van der Waals surface area contributed by atoms with Crippen molar-refractivity contribution in [3.8, 4) is 5.75 Å². The van der Waals surface area contributed by atoms with E-state index in [9.17, 15) is 14.7 Å². The van der Waals surface area contributed by atoms with Crippen molar-refractivity contribution in [2.45, 2.75) is 25.8 Å². The van der Waals surface area contributed by atoms with E-state index in [-0.39, 0.29) is 16.3 Å². The first-order chi connectivity index (χ1) is 8.45. The Bertz CT molecular complexity index is 461. The summed E-state index contributed by atoms with van der Waals surface area (Å²) in [7, 11) is 0. The van der Waals surface area contributed by atoms with E-state index in [1.807, 2.05) is 6.92 Å². The molecule has 1 rings (SSSR count). The number of halogens is 1. The van der Waals surface area contributed by atoms with Gasteiger partial charge < -0.3 is 15.5 Å². The summed E-state index contributed by atoms with van der Waals surface area (Å²) in [6.07, 6.45) is 0.961. The topological polar surface area (TPSA) is 86.6 Å². The van der Waals surface area contributed by atoms with Gasteiger partial charge in [0.1, 0.15) is 11.8 Å². The molecule has 0 saturated heterocycles. The molecule has 0 unspecified atom stereocenters. The number of phenolic OH excluding ortho intramolecular Hbond substituents is 1. The third-order valence-electron chi connectivity index (χ3n) is 2.38. The predicted molar refractivity (Wildman–Crippen MR) is 66.9 cm³/mol. The number of carboxylic acids is 1. The molecule has 1 atom stereocenters. The van der Waals surface area contributed by atoms with Gasteiger partial charge in [0.2, 0.25) is 0 Å². The van der Waals surface area contributed by atoms with E-state index in [0.29, 0.717) is 12.8 Å². The first kappa shape index (κ1) is 14.3. The van der Waals surface area contributed by atoms with E-state index in [1.54, 1.807) is 0 Å². The molecule has 1 amide bonds. The predicted octanol–water partition coefficient (Wildman–Crippen LogP) is 2.03. The van der Waals surface area contributed by atoms with Gasteiger partial charge in [-0.1, -0.05) is 24.9 Å². The lowest BCUT2D eigenvalue weighted by molar-refractivity contribution is -0.139. The minimum atomic E-state index is -1.10. The van der Waals surface area contributed by atoms with E-state index in [2.05, 4.69) is 5.32 Å². The van der Waals surface area contributed by atoms with Gasteiger partial charge in [0.15, 0.2) is 0 Å². The van der Waals surface area contributed by atoms with Crippen molar-refractivity contribution in [1.29, 1.82) is 0 Å². The molecule has 0 heterocycles. The number of aliphatic carboxylic acids is 1. The van der Waals surface area contributed by atoms with Crippen molar-refractivity contribution in [1.82, 2.24) is 5.32 Å². The zero-order chi connectivity index (χ0) is 13.7. The maximum atomic E-state index is 11.8. The minimum absolute atomic E-state index is 0.0546. The van der Waals surface area contributed by atoms with Gasteiger partial charge in [0, 0.05) is 0 Å². The summed E-state index contributed by atoms with van der Waals surface area (Å²) in [6.45, 7) is 1.82. The third-order valence-corrected chi connectivity index (χ3v) is 2.70. The first-order valence-electron chi connectivity index (χ1n) is 5.48. The van der Waals surface area contributed by atoms with Crippen LogP contribution in [0.3, 0.4) is 0 Å². The Morgan fingerprint density at radius 2 is 2.11 bits per heavy atom. The Morgan fingerprint density at radius 1 is 1.44 bits per heavy atom. The van der Waals surface area contributed by atoms with Crippen molar-refractivity contribution in [2.24, 2.45) is 0 Å². The average molecular weight is 272 g/mol. The molecule has 1 aromatic carbocycles. The quantitative estimate of drug-likeness (QED) is 0.765. The van der Waals surface area contributed by atoms with Crippen LogP contribution in [0, 0.1) is 0 Å². The molecule has 5 nitrogen and oxygen atoms in total. The lowest BCUT2D eigenvalue weighted by Gasteiger charge is -2.14. The van der Waals surface area contributed by atoms with Crippen LogP contribution in [-0.2, 0) is 4.79 Å². The highest BCUT2D eigenvalue weighted by Crippen LogP contribution is 2.21. The molecule has 3 N–H and O–H groups in total. The molecule has 0 aliphatic carbocycles. The van der Waals surface area contributed by atoms with Gasteiger partial charge in [-0.25, -0.2) is 4.79 Å². The number of hydrogen-bond acceptors (Lipinski definition) is 3. The number of aromatic hydroxyl groups is 1. The third kappa shape index (κ3) is 3.63. The van der Waals surface area contributed by atoms with E-state index in [0.717, 1.165) is 0 Å². The molecule has 0 bridgehead atoms. The highest BCUT2D eigenvalue weighted by Gasteiger charge is 2.21. The molecule has 0 aromatic heterocycles. The smallest absolute Gasteiger partial charge is 0.326 e. The molecule has 0 aliphatic heterocycles. The number of phenols is 1. The second-order valence-corrected chi connectivity index (χ2v) is 4.22. The Kier molecular flexibility index (Phi) is 4.97. The molecule has 6 heteroatoms. The van der Waals surface area contributed by atoms with Gasteiger partial charge in [-0.2, -0.15) is 0 Å². The van der Waals surface area contributed by atoms with Crippen LogP contribution in [0.5, 0.6) is 5.75 Å². The van der Waals surface area contributed by atoms with E-state index in [4.69, 9.17) is 16.7 Å². The van der Waals surface area contributed by atoms with Gasteiger partial charge in [-0.05, 0) is 24.6 Å². The molecule has 98 valence electrons. The summed E-state index contributed by atoms with van der Waals surface area (Å²) in [6, 6.07) is 2.96. The van der Waals surface area contributed by atoms with Crippen molar-refractivity contribution in [3.63, 3.8) is 0 Å². The van der Waals surface area contributed by atoms with Gasteiger partial charge in [0.05, 0.1) is 10.6 Å². The van der Waals surface area contributed by atoms with Crippen LogP contribution in [0.2, 0.25) is 5.02 Å². The SMILES string of the molecule is CCC[C@@H](NC(=O)c1cc(O)ccc1Cl)C(=O)O. The molecule has 0 spiro atoms. The zero-order valence-electron chi connectivity index (χ0n) is 9.81. The minimum Gasteiger partial charge on any atom is -0.508 e. The molecule has 0 radical (unpaired) electrons. The number of rotatable bonds is 5. The largest absolute Gasteiger partial charge is 0.508 e. The molecular weight excluding hydrogens is 258 g/mol. The fourth-order valence-electron chi connectivity index (χ4n) is 1.47. The normalized spacial score (nSPS) is 11.9. The zero-order valence-corrected chi connectivity index (χ0v) is 10.6. The highest BCUT2D eigenvalue weighted by atomic mass is 35.5. The number of carbonyl (C=O) groups excluding carboxylic acids is 1. The number of hydrogen-bond donors (Lipinski definition) is 3. The Morgan fingerprint density at radius 3 is 2.67 bits per heavy atom. The van der Waals surface area contributed by atoms with Crippen LogP contribution in [0.1, 0.15) is 30.1 Å². The van der Waals surface area contributed by atoms with Crippen molar-refractivity contribution in [2.75, 3.05) is 0 Å². The second-order valence-electron chi connectivity index (χ2n) is 3.82. The number of carbonyl (C=O) groups is 2. The highest BCUT2D eigenvalue weighted by molar-refractivity contribution is 6.33. The van der Waals surface area contributed by atoms with Crippen molar-refractivity contribution in [3.05, 3.63) is 28.8 Å². The standard InChI is InChI=1S/C12H14ClNO4/c1-2-3-10(12(17)18)14-11(16)8-6-7(15)4-5-9(8)13/h4-6,10,15H,2-3H2,1H3,(H,14,16)(H,17,18)/t10-/m1/s1. The maximum Gasteiger partial charge on any atom is 0.326 e. The fraction of sp³-hybridized carbons (Fsp3) is 0.333. The lowest BCUT2D eigenvalue weighted by Crippen LogP contribution is -2.40. The summed E-state index contributed by atoms with van der Waals surface area (Å²) in [5, 5.41) is 20.7. The van der Waals surface area contributed by atoms with E-state index >= 15 is 0 Å². The van der Waals surface area contributed by atoms with Crippen LogP contribution in [-0.4, -0.2) is 28.1 Å². The Labute approximate surface area is 109 Å². The second kappa shape index (κ2) is 6.26. The van der Waals surface area contributed by atoms with Crippen LogP contribution < -0.4 is 5.32 Å². The van der Waals surface area contributed by atoms with Crippen molar-refractivity contribution < 1.29 is 19.8 Å². The fourth-order valence-corrected chi connectivity index (χ4v) is 1.67. The maximum absolute atomic E-state index is 11.8. The summed E-state index contributed by atoms with van der Waals surface area (Å²) in [5.41, 5.74) is 0.0546. The monoisotopic (exact) mass is 271 g/mol. The molecule has 0 fully saturated rings. The summed E-state index contributed by atoms with van der Waals surface area (Å²) in [4.78, 5) is 22.7. The van der Waals surface area contributed by atoms with Gasteiger partial charge >= 0.3 is 5.97 Å². The number of amides is 1. The summed E-state index contributed by atoms with van der Waals surface area (Å²) >= 11 is 5.81. The molecule has 1 aromatic rings. The number of nitrogens with one attached hydrogen (secondary N) is 1. The van der Waals surface area contributed by atoms with E-state index < -0.39 is 17.9 Å². The Hall–Kier alpha value is -1.75. The average Bonchev–Trinajstić information content (AvgIpc) is 2.31.